The SMILES string of the molecule is CCC(=O)Nc1ccc(NC(=O)c2cc(Br)c[nH]2)cc1. The number of aromatic nitrogens is 1. The van der Waals surface area contributed by atoms with Crippen molar-refractivity contribution in [2.75, 3.05) is 10.6 Å². The van der Waals surface area contributed by atoms with Crippen molar-refractivity contribution in [1.29, 1.82) is 0 Å². The molecule has 3 N–H and O–H groups in total. The number of H-pyrrole nitrogens is 1. The van der Waals surface area contributed by atoms with Crippen LogP contribution in [0.1, 0.15) is 23.8 Å². The molecule has 0 saturated carbocycles. The van der Waals surface area contributed by atoms with Gasteiger partial charge in [0.1, 0.15) is 5.69 Å². The molecule has 0 aliphatic heterocycles. The average molecular weight is 336 g/mol. The van der Waals surface area contributed by atoms with Gasteiger partial charge in [0, 0.05) is 28.5 Å². The number of nitrogens with one attached hydrogen (secondary N) is 3. The van der Waals surface area contributed by atoms with Gasteiger partial charge < -0.3 is 15.6 Å². The molecule has 1 heterocycles. The van der Waals surface area contributed by atoms with Gasteiger partial charge in [0.25, 0.3) is 5.91 Å². The maximum absolute atomic E-state index is 11.9. The van der Waals surface area contributed by atoms with Crippen LogP contribution in [0.15, 0.2) is 41.0 Å². The van der Waals surface area contributed by atoms with Gasteiger partial charge >= 0.3 is 0 Å². The summed E-state index contributed by atoms with van der Waals surface area (Å²) in [6, 6.07) is 8.66. The third-order valence-electron chi connectivity index (χ3n) is 2.64. The molecule has 2 rings (SSSR count). The number of hydrogen-bond donors (Lipinski definition) is 3. The lowest BCUT2D eigenvalue weighted by atomic mass is 10.2. The fourth-order valence-electron chi connectivity index (χ4n) is 1.58. The van der Waals surface area contributed by atoms with E-state index in [2.05, 4.69) is 31.5 Å². The highest BCUT2D eigenvalue weighted by Crippen LogP contribution is 2.16. The number of anilines is 2. The van der Waals surface area contributed by atoms with Crippen molar-refractivity contribution >= 4 is 39.1 Å². The number of hydrogen-bond acceptors (Lipinski definition) is 2. The summed E-state index contributed by atoms with van der Waals surface area (Å²) in [6.07, 6.45) is 2.12. The van der Waals surface area contributed by atoms with Crippen molar-refractivity contribution in [1.82, 2.24) is 4.98 Å². The van der Waals surface area contributed by atoms with Gasteiger partial charge in [-0.05, 0) is 46.3 Å². The second-order valence-corrected chi connectivity index (χ2v) is 5.08. The standard InChI is InChI=1S/C14H14BrN3O2/c1-2-13(19)17-10-3-5-11(6-4-10)18-14(20)12-7-9(15)8-16-12/h3-8,16H,2H2,1H3,(H,17,19)(H,18,20). The minimum atomic E-state index is -0.221. The number of amides is 2. The zero-order valence-electron chi connectivity index (χ0n) is 10.9. The molecule has 0 saturated heterocycles. The van der Waals surface area contributed by atoms with Crippen LogP contribution in [-0.2, 0) is 4.79 Å². The molecule has 2 amide bonds. The Morgan fingerprint density at radius 2 is 1.75 bits per heavy atom. The highest BCUT2D eigenvalue weighted by molar-refractivity contribution is 9.10. The molecule has 6 heteroatoms. The van der Waals surface area contributed by atoms with Crippen LogP contribution < -0.4 is 10.6 Å². The summed E-state index contributed by atoms with van der Waals surface area (Å²) in [6.45, 7) is 1.79. The quantitative estimate of drug-likeness (QED) is 0.801. The van der Waals surface area contributed by atoms with Gasteiger partial charge in [0.2, 0.25) is 5.91 Å². The van der Waals surface area contributed by atoms with E-state index in [1.54, 1.807) is 43.5 Å². The molecule has 0 radical (unpaired) electrons. The summed E-state index contributed by atoms with van der Waals surface area (Å²) >= 11 is 3.27. The fourth-order valence-corrected chi connectivity index (χ4v) is 1.93. The Balaban J connectivity index is 2.00. The maximum Gasteiger partial charge on any atom is 0.272 e. The van der Waals surface area contributed by atoms with E-state index in [9.17, 15) is 9.59 Å². The van der Waals surface area contributed by atoms with Gasteiger partial charge in [-0.1, -0.05) is 6.92 Å². The molecule has 5 nitrogen and oxygen atoms in total. The van der Waals surface area contributed by atoms with Crippen LogP contribution in [-0.4, -0.2) is 16.8 Å². The predicted molar refractivity (Wildman–Crippen MR) is 81.8 cm³/mol. The lowest BCUT2D eigenvalue weighted by Gasteiger charge is -2.06. The van der Waals surface area contributed by atoms with Crippen LogP contribution in [0.2, 0.25) is 0 Å². The second-order valence-electron chi connectivity index (χ2n) is 4.16. The smallest absolute Gasteiger partial charge is 0.272 e. The highest BCUT2D eigenvalue weighted by atomic mass is 79.9. The van der Waals surface area contributed by atoms with Gasteiger partial charge in [-0.25, -0.2) is 0 Å². The lowest BCUT2D eigenvalue weighted by molar-refractivity contribution is -0.115. The molecule has 2 aromatic rings. The predicted octanol–water partition coefficient (Wildman–Crippen LogP) is 3.38. The monoisotopic (exact) mass is 335 g/mol. The first kappa shape index (κ1) is 14.3. The van der Waals surface area contributed by atoms with Crippen molar-refractivity contribution < 1.29 is 9.59 Å². The Bertz CT molecular complexity index is 620. The number of carbonyl (C=O) groups is 2. The zero-order chi connectivity index (χ0) is 14.5. The molecule has 0 unspecified atom stereocenters. The first-order chi connectivity index (χ1) is 9.58. The molecule has 104 valence electrons. The van der Waals surface area contributed by atoms with E-state index < -0.39 is 0 Å². The van der Waals surface area contributed by atoms with E-state index in [1.165, 1.54) is 0 Å². The number of aromatic amines is 1. The lowest BCUT2D eigenvalue weighted by Crippen LogP contribution is -2.12. The van der Waals surface area contributed by atoms with Gasteiger partial charge in [-0.3, -0.25) is 9.59 Å². The van der Waals surface area contributed by atoms with Gasteiger partial charge in [-0.15, -0.1) is 0 Å². The maximum atomic E-state index is 11.9. The Kier molecular flexibility index (Phi) is 4.57. The van der Waals surface area contributed by atoms with Crippen LogP contribution in [0.5, 0.6) is 0 Å². The van der Waals surface area contributed by atoms with E-state index in [0.29, 0.717) is 23.5 Å². The molecule has 1 aromatic heterocycles. The number of rotatable bonds is 4. The van der Waals surface area contributed by atoms with Crippen molar-refractivity contribution in [3.63, 3.8) is 0 Å². The second kappa shape index (κ2) is 6.38. The average Bonchev–Trinajstić information content (AvgIpc) is 2.87. The van der Waals surface area contributed by atoms with Gasteiger partial charge in [0.15, 0.2) is 0 Å². The zero-order valence-corrected chi connectivity index (χ0v) is 12.5. The van der Waals surface area contributed by atoms with E-state index in [4.69, 9.17) is 0 Å². The first-order valence-corrected chi connectivity index (χ1v) is 6.93. The Morgan fingerprint density at radius 1 is 1.15 bits per heavy atom. The third-order valence-corrected chi connectivity index (χ3v) is 3.10. The largest absolute Gasteiger partial charge is 0.356 e. The molecule has 0 aliphatic carbocycles. The number of carbonyl (C=O) groups excluding carboxylic acids is 2. The van der Waals surface area contributed by atoms with Crippen molar-refractivity contribution in [3.8, 4) is 0 Å². The Morgan fingerprint density at radius 3 is 2.25 bits per heavy atom. The van der Waals surface area contributed by atoms with Crippen molar-refractivity contribution in [3.05, 3.63) is 46.7 Å². The van der Waals surface area contributed by atoms with E-state index in [0.717, 1.165) is 4.47 Å². The molecule has 0 fully saturated rings. The molecule has 0 spiro atoms. The molecular weight excluding hydrogens is 322 g/mol. The minimum Gasteiger partial charge on any atom is -0.356 e. The van der Waals surface area contributed by atoms with E-state index in [-0.39, 0.29) is 11.8 Å². The van der Waals surface area contributed by atoms with Crippen LogP contribution in [0, 0.1) is 0 Å². The first-order valence-electron chi connectivity index (χ1n) is 6.13. The van der Waals surface area contributed by atoms with Crippen molar-refractivity contribution in [2.45, 2.75) is 13.3 Å². The Labute approximate surface area is 124 Å². The molecule has 0 aliphatic rings. The molecule has 0 bridgehead atoms. The molecule has 0 atom stereocenters. The number of halogens is 1. The van der Waals surface area contributed by atoms with E-state index in [1.807, 2.05) is 0 Å². The minimum absolute atomic E-state index is 0.0435. The van der Waals surface area contributed by atoms with Gasteiger partial charge in [-0.2, -0.15) is 0 Å². The summed E-state index contributed by atoms with van der Waals surface area (Å²) in [4.78, 5) is 26.0. The van der Waals surface area contributed by atoms with Crippen molar-refractivity contribution in [2.24, 2.45) is 0 Å². The molecular formula is C14H14BrN3O2. The summed E-state index contributed by atoms with van der Waals surface area (Å²) in [5, 5.41) is 5.51. The van der Waals surface area contributed by atoms with Gasteiger partial charge in [0.05, 0.1) is 0 Å². The van der Waals surface area contributed by atoms with Crippen LogP contribution in [0.25, 0.3) is 0 Å². The highest BCUT2D eigenvalue weighted by Gasteiger charge is 2.08. The molecule has 20 heavy (non-hydrogen) atoms. The summed E-state index contributed by atoms with van der Waals surface area (Å²) in [5.74, 6) is -0.265. The Hall–Kier alpha value is -2.08. The normalized spacial score (nSPS) is 10.1. The summed E-state index contributed by atoms with van der Waals surface area (Å²) < 4.78 is 0.820. The van der Waals surface area contributed by atoms with Crippen LogP contribution in [0.4, 0.5) is 11.4 Å². The third kappa shape index (κ3) is 3.71. The van der Waals surface area contributed by atoms with E-state index >= 15 is 0 Å². The fraction of sp³-hybridized carbons (Fsp3) is 0.143. The molecule has 1 aromatic carbocycles. The number of benzene rings is 1. The summed E-state index contributed by atoms with van der Waals surface area (Å²) in [5.41, 5.74) is 1.84. The van der Waals surface area contributed by atoms with Crippen LogP contribution in [0.3, 0.4) is 0 Å². The van der Waals surface area contributed by atoms with Crippen LogP contribution >= 0.6 is 15.9 Å². The topological polar surface area (TPSA) is 74.0 Å². The summed E-state index contributed by atoms with van der Waals surface area (Å²) in [7, 11) is 0.